The molecule has 0 bridgehead atoms. The predicted octanol–water partition coefficient (Wildman–Crippen LogP) is 4.35. The number of phenols is 2. The van der Waals surface area contributed by atoms with Gasteiger partial charge >= 0.3 is 0 Å². The number of hydrogen-bond acceptors (Lipinski definition) is 5. The smallest absolute Gasteiger partial charge is 0.189 e. The first-order valence-electron chi connectivity index (χ1n) is 8.09. The summed E-state index contributed by atoms with van der Waals surface area (Å²) < 4.78 is 10.5. The molecule has 0 fully saturated rings. The fourth-order valence-corrected chi connectivity index (χ4v) is 2.19. The number of hydrogen-bond donors (Lipinski definition) is 2. The number of allylic oxidation sites excluding steroid dienone is 2. The number of aromatic hydroxyl groups is 2. The minimum Gasteiger partial charge on any atom is -0.507 e. The summed E-state index contributed by atoms with van der Waals surface area (Å²) in [6.45, 7) is 4.34. The van der Waals surface area contributed by atoms with E-state index in [1.807, 2.05) is 19.9 Å². The zero-order valence-electron chi connectivity index (χ0n) is 15.0. The molecule has 2 aromatic rings. The first-order valence-corrected chi connectivity index (χ1v) is 8.09. The van der Waals surface area contributed by atoms with Crippen LogP contribution in [0.5, 0.6) is 23.0 Å². The summed E-state index contributed by atoms with van der Waals surface area (Å²) in [5, 5.41) is 19.8. The van der Waals surface area contributed by atoms with Crippen LogP contribution in [0.3, 0.4) is 0 Å². The van der Waals surface area contributed by atoms with E-state index in [1.165, 1.54) is 31.4 Å². The first-order chi connectivity index (χ1) is 12.4. The summed E-state index contributed by atoms with van der Waals surface area (Å²) in [6, 6.07) is 9.38. The molecule has 0 aromatic heterocycles. The topological polar surface area (TPSA) is 76.0 Å². The van der Waals surface area contributed by atoms with Crippen molar-refractivity contribution in [1.82, 2.24) is 0 Å². The Hall–Kier alpha value is -3.21. The van der Waals surface area contributed by atoms with E-state index in [9.17, 15) is 15.0 Å². The van der Waals surface area contributed by atoms with Crippen molar-refractivity contribution in [1.29, 1.82) is 0 Å². The Labute approximate surface area is 152 Å². The number of benzene rings is 2. The summed E-state index contributed by atoms with van der Waals surface area (Å²) >= 11 is 0. The van der Waals surface area contributed by atoms with Crippen LogP contribution < -0.4 is 9.47 Å². The SMILES string of the molecule is COc1ccc(C=CC(=O)c2ccc(OCC=C(C)C)cc2O)cc1O. The number of methoxy groups -OCH3 is 1. The number of ether oxygens (including phenoxy) is 2. The molecule has 2 aromatic carbocycles. The molecule has 2 rings (SSSR count). The van der Waals surface area contributed by atoms with Gasteiger partial charge in [0, 0.05) is 6.07 Å². The van der Waals surface area contributed by atoms with Crippen molar-refractivity contribution in [2.24, 2.45) is 0 Å². The normalized spacial score (nSPS) is 10.6. The van der Waals surface area contributed by atoms with E-state index >= 15 is 0 Å². The Morgan fingerprint density at radius 3 is 2.46 bits per heavy atom. The van der Waals surface area contributed by atoms with Crippen LogP contribution >= 0.6 is 0 Å². The fraction of sp³-hybridized carbons (Fsp3) is 0.190. The van der Waals surface area contributed by atoms with E-state index < -0.39 is 0 Å². The monoisotopic (exact) mass is 354 g/mol. The molecule has 0 amide bonds. The van der Waals surface area contributed by atoms with Gasteiger partial charge in [0.25, 0.3) is 0 Å². The number of ketones is 1. The van der Waals surface area contributed by atoms with Gasteiger partial charge in [0.05, 0.1) is 12.7 Å². The van der Waals surface area contributed by atoms with Gasteiger partial charge in [-0.05, 0) is 55.8 Å². The van der Waals surface area contributed by atoms with E-state index in [-0.39, 0.29) is 22.8 Å². The highest BCUT2D eigenvalue weighted by Gasteiger charge is 2.10. The van der Waals surface area contributed by atoms with Crippen molar-refractivity contribution in [2.75, 3.05) is 13.7 Å². The molecule has 0 aliphatic heterocycles. The van der Waals surface area contributed by atoms with Crippen LogP contribution in [0.1, 0.15) is 29.8 Å². The summed E-state index contributed by atoms with van der Waals surface area (Å²) in [7, 11) is 1.46. The average Bonchev–Trinajstić information content (AvgIpc) is 2.59. The van der Waals surface area contributed by atoms with Crippen molar-refractivity contribution < 1.29 is 24.5 Å². The van der Waals surface area contributed by atoms with Gasteiger partial charge < -0.3 is 19.7 Å². The van der Waals surface area contributed by atoms with E-state index in [0.29, 0.717) is 23.7 Å². The molecule has 0 unspecified atom stereocenters. The van der Waals surface area contributed by atoms with E-state index in [2.05, 4.69) is 0 Å². The lowest BCUT2D eigenvalue weighted by Crippen LogP contribution is -1.98. The molecule has 5 heteroatoms. The maximum Gasteiger partial charge on any atom is 0.189 e. The summed E-state index contributed by atoms with van der Waals surface area (Å²) in [5.41, 5.74) is 1.95. The third-order valence-electron chi connectivity index (χ3n) is 3.61. The van der Waals surface area contributed by atoms with E-state index in [4.69, 9.17) is 9.47 Å². The van der Waals surface area contributed by atoms with Crippen LogP contribution in [-0.2, 0) is 0 Å². The first kappa shape index (κ1) is 19.1. The van der Waals surface area contributed by atoms with Gasteiger partial charge in [-0.3, -0.25) is 4.79 Å². The quantitative estimate of drug-likeness (QED) is 0.439. The molecule has 26 heavy (non-hydrogen) atoms. The highest BCUT2D eigenvalue weighted by molar-refractivity contribution is 6.08. The molecule has 0 heterocycles. The molecular formula is C21H22O5. The van der Waals surface area contributed by atoms with Crippen molar-refractivity contribution in [3.05, 3.63) is 65.3 Å². The Morgan fingerprint density at radius 1 is 1.08 bits per heavy atom. The summed E-state index contributed by atoms with van der Waals surface area (Å²) in [4.78, 5) is 12.3. The zero-order valence-corrected chi connectivity index (χ0v) is 15.0. The van der Waals surface area contributed by atoms with Gasteiger partial charge in [-0.2, -0.15) is 0 Å². The second kappa shape index (κ2) is 8.76. The molecule has 136 valence electrons. The Balaban J connectivity index is 2.09. The van der Waals surface area contributed by atoms with Crippen molar-refractivity contribution in [2.45, 2.75) is 13.8 Å². The minimum atomic E-state index is -0.353. The van der Waals surface area contributed by atoms with Crippen LogP contribution in [-0.4, -0.2) is 29.7 Å². The molecular weight excluding hydrogens is 332 g/mol. The summed E-state index contributed by atoms with van der Waals surface area (Å²) in [5.74, 6) is 0.332. The Kier molecular flexibility index (Phi) is 6.44. The van der Waals surface area contributed by atoms with Crippen LogP contribution in [0.15, 0.2) is 54.1 Å². The summed E-state index contributed by atoms with van der Waals surface area (Å²) in [6.07, 6.45) is 4.81. The highest BCUT2D eigenvalue weighted by Crippen LogP contribution is 2.27. The molecule has 0 saturated carbocycles. The molecule has 0 aliphatic rings. The molecule has 5 nitrogen and oxygen atoms in total. The predicted molar refractivity (Wildman–Crippen MR) is 101 cm³/mol. The van der Waals surface area contributed by atoms with Gasteiger partial charge in [0.1, 0.15) is 18.1 Å². The van der Waals surface area contributed by atoms with Gasteiger partial charge in [0.15, 0.2) is 17.3 Å². The van der Waals surface area contributed by atoms with Gasteiger partial charge in [0.2, 0.25) is 0 Å². The highest BCUT2D eigenvalue weighted by atomic mass is 16.5. The van der Waals surface area contributed by atoms with Gasteiger partial charge in [-0.1, -0.05) is 17.7 Å². The third-order valence-corrected chi connectivity index (χ3v) is 3.61. The maximum atomic E-state index is 12.3. The number of carbonyl (C=O) groups is 1. The van der Waals surface area contributed by atoms with Crippen LogP contribution in [0, 0.1) is 0 Å². The zero-order chi connectivity index (χ0) is 19.1. The van der Waals surface area contributed by atoms with Gasteiger partial charge in [-0.15, -0.1) is 0 Å². The maximum absolute atomic E-state index is 12.3. The fourth-order valence-electron chi connectivity index (χ4n) is 2.19. The molecule has 0 radical (unpaired) electrons. The second-order valence-electron chi connectivity index (χ2n) is 5.90. The van der Waals surface area contributed by atoms with Crippen LogP contribution in [0.2, 0.25) is 0 Å². The third kappa shape index (κ3) is 5.14. The molecule has 0 spiro atoms. The number of phenolic OH excluding ortho intramolecular Hbond substituents is 2. The second-order valence-corrected chi connectivity index (χ2v) is 5.90. The number of rotatable bonds is 7. The minimum absolute atomic E-state index is 0.0113. The lowest BCUT2D eigenvalue weighted by atomic mass is 10.1. The lowest BCUT2D eigenvalue weighted by Gasteiger charge is -2.07. The Bertz CT molecular complexity index is 845. The molecule has 0 atom stereocenters. The largest absolute Gasteiger partial charge is 0.507 e. The van der Waals surface area contributed by atoms with E-state index in [1.54, 1.807) is 24.3 Å². The van der Waals surface area contributed by atoms with E-state index in [0.717, 1.165) is 5.57 Å². The van der Waals surface area contributed by atoms with Gasteiger partial charge in [-0.25, -0.2) is 0 Å². The standard InChI is InChI=1S/C21H22O5/c1-14(2)10-11-26-16-6-7-17(19(23)13-16)18(22)8-4-15-5-9-21(25-3)20(24)12-15/h4-10,12-13,23-24H,11H2,1-3H3. The lowest BCUT2D eigenvalue weighted by molar-refractivity contribution is 0.104. The van der Waals surface area contributed by atoms with Crippen LogP contribution in [0.4, 0.5) is 0 Å². The number of carbonyl (C=O) groups excluding carboxylic acids is 1. The molecule has 2 N–H and O–H groups in total. The van der Waals surface area contributed by atoms with Crippen molar-refractivity contribution in [3.63, 3.8) is 0 Å². The average molecular weight is 354 g/mol. The molecule has 0 saturated heterocycles. The molecule has 0 aliphatic carbocycles. The Morgan fingerprint density at radius 2 is 1.85 bits per heavy atom. The van der Waals surface area contributed by atoms with Crippen LogP contribution in [0.25, 0.3) is 6.08 Å². The van der Waals surface area contributed by atoms with Crippen molar-refractivity contribution >= 4 is 11.9 Å². The van der Waals surface area contributed by atoms with Crippen molar-refractivity contribution in [3.8, 4) is 23.0 Å².